The maximum absolute atomic E-state index is 4.62. The lowest BCUT2D eigenvalue weighted by Crippen LogP contribution is -2.36. The van der Waals surface area contributed by atoms with Crippen LogP contribution in [0.2, 0.25) is 0 Å². The van der Waals surface area contributed by atoms with Gasteiger partial charge in [-0.15, -0.1) is 17.0 Å². The van der Waals surface area contributed by atoms with E-state index in [1.54, 1.807) is 0 Å². The van der Waals surface area contributed by atoms with Crippen molar-refractivity contribution in [2.24, 2.45) is 4.99 Å². The number of amidine groups is 1. The van der Waals surface area contributed by atoms with E-state index in [-0.39, 0.29) is 17.0 Å². The van der Waals surface area contributed by atoms with Crippen LogP contribution in [0.1, 0.15) is 57.8 Å². The maximum atomic E-state index is 4.62. The van der Waals surface area contributed by atoms with Gasteiger partial charge in [0.2, 0.25) is 0 Å². The molecule has 0 spiro atoms. The Labute approximate surface area is 104 Å². The summed E-state index contributed by atoms with van der Waals surface area (Å²) in [5.41, 5.74) is 0. The summed E-state index contributed by atoms with van der Waals surface area (Å²) in [7, 11) is 0. The molecule has 0 radical (unpaired) electrons. The van der Waals surface area contributed by atoms with Crippen molar-refractivity contribution in [3.8, 4) is 0 Å². The third-order valence-corrected chi connectivity index (χ3v) is 3.35. The van der Waals surface area contributed by atoms with Crippen LogP contribution < -0.4 is 5.32 Å². The molecule has 2 aliphatic rings. The summed E-state index contributed by atoms with van der Waals surface area (Å²) in [6.45, 7) is 1.05. The standard InChI is InChI=1S/C12H22N2.BrH/c1-3-7-11(8-4-1)14-12-9-5-2-6-10-13-12;/h11H,1-10H2,(H,13,14);1H. The summed E-state index contributed by atoms with van der Waals surface area (Å²) in [6.07, 6.45) is 12.1. The van der Waals surface area contributed by atoms with E-state index in [0.717, 1.165) is 12.6 Å². The molecule has 0 saturated heterocycles. The minimum absolute atomic E-state index is 0. The summed E-state index contributed by atoms with van der Waals surface area (Å²) in [6, 6.07) is 0.737. The Kier molecular flexibility index (Phi) is 6.30. The monoisotopic (exact) mass is 274 g/mol. The Hall–Kier alpha value is -0.0500. The van der Waals surface area contributed by atoms with Crippen molar-refractivity contribution < 1.29 is 0 Å². The minimum atomic E-state index is 0. The summed E-state index contributed by atoms with van der Waals surface area (Å²) >= 11 is 0. The van der Waals surface area contributed by atoms with Crippen LogP contribution >= 0.6 is 17.0 Å². The first-order valence-corrected chi connectivity index (χ1v) is 6.25. The highest BCUT2D eigenvalue weighted by Gasteiger charge is 2.14. The van der Waals surface area contributed by atoms with Crippen molar-refractivity contribution in [3.63, 3.8) is 0 Å². The van der Waals surface area contributed by atoms with Gasteiger partial charge in [-0.1, -0.05) is 25.7 Å². The molecule has 0 amide bonds. The Balaban J connectivity index is 0.00000112. The molecule has 0 aromatic heterocycles. The van der Waals surface area contributed by atoms with Crippen LogP contribution in [0, 0.1) is 0 Å². The number of halogens is 1. The molecule has 0 atom stereocenters. The highest BCUT2D eigenvalue weighted by atomic mass is 79.9. The van der Waals surface area contributed by atoms with Crippen LogP contribution in [0.4, 0.5) is 0 Å². The number of hydrogen-bond acceptors (Lipinski definition) is 2. The molecule has 15 heavy (non-hydrogen) atoms. The van der Waals surface area contributed by atoms with Gasteiger partial charge in [-0.25, -0.2) is 0 Å². The predicted molar refractivity (Wildman–Crippen MR) is 71.1 cm³/mol. The van der Waals surface area contributed by atoms with E-state index in [4.69, 9.17) is 0 Å². The van der Waals surface area contributed by atoms with E-state index in [1.807, 2.05) is 0 Å². The first-order valence-electron chi connectivity index (χ1n) is 6.25. The lowest BCUT2D eigenvalue weighted by atomic mass is 9.95. The molecular formula is C12H23BrN2. The van der Waals surface area contributed by atoms with Gasteiger partial charge in [0.1, 0.15) is 0 Å². The highest BCUT2D eigenvalue weighted by Crippen LogP contribution is 2.18. The Bertz CT molecular complexity index is 198. The smallest absolute Gasteiger partial charge is 0.0965 e. The molecule has 2 nitrogen and oxygen atoms in total. The normalized spacial score (nSPS) is 23.6. The molecule has 0 bridgehead atoms. The number of hydrogen-bond donors (Lipinski definition) is 1. The van der Waals surface area contributed by atoms with Crippen LogP contribution in [0.25, 0.3) is 0 Å². The van der Waals surface area contributed by atoms with Gasteiger partial charge in [-0.3, -0.25) is 4.99 Å². The van der Waals surface area contributed by atoms with Gasteiger partial charge in [-0.05, 0) is 25.7 Å². The molecule has 1 aliphatic heterocycles. The molecule has 0 aromatic rings. The molecule has 1 aliphatic carbocycles. The summed E-state index contributed by atoms with van der Waals surface area (Å²) < 4.78 is 0. The van der Waals surface area contributed by atoms with Crippen molar-refractivity contribution in [1.29, 1.82) is 0 Å². The fourth-order valence-corrected chi connectivity index (χ4v) is 2.47. The zero-order valence-electron chi connectivity index (χ0n) is 9.50. The topological polar surface area (TPSA) is 24.4 Å². The first kappa shape index (κ1) is 13.0. The van der Waals surface area contributed by atoms with E-state index in [2.05, 4.69) is 10.3 Å². The second-order valence-electron chi connectivity index (χ2n) is 4.62. The van der Waals surface area contributed by atoms with Gasteiger partial charge in [-0.2, -0.15) is 0 Å². The summed E-state index contributed by atoms with van der Waals surface area (Å²) in [5.74, 6) is 1.30. The van der Waals surface area contributed by atoms with E-state index in [1.165, 1.54) is 63.6 Å². The Morgan fingerprint density at radius 3 is 2.47 bits per heavy atom. The number of aliphatic imine (C=N–C) groups is 1. The molecule has 88 valence electrons. The maximum Gasteiger partial charge on any atom is 0.0965 e. The van der Waals surface area contributed by atoms with Crippen LogP contribution in [0.5, 0.6) is 0 Å². The SMILES string of the molecule is Br.C1CCN=C(NC2CCCCC2)CC1. The van der Waals surface area contributed by atoms with Crippen molar-refractivity contribution in [2.75, 3.05) is 6.54 Å². The lowest BCUT2D eigenvalue weighted by molar-refractivity contribution is 0.411. The van der Waals surface area contributed by atoms with Crippen molar-refractivity contribution in [2.45, 2.75) is 63.8 Å². The molecule has 0 aromatic carbocycles. The van der Waals surface area contributed by atoms with E-state index >= 15 is 0 Å². The largest absolute Gasteiger partial charge is 0.371 e. The van der Waals surface area contributed by atoms with E-state index in [9.17, 15) is 0 Å². The first-order chi connectivity index (χ1) is 6.95. The van der Waals surface area contributed by atoms with Gasteiger partial charge in [0, 0.05) is 19.0 Å². The zero-order chi connectivity index (χ0) is 9.64. The zero-order valence-corrected chi connectivity index (χ0v) is 11.2. The number of nitrogens with zero attached hydrogens (tertiary/aromatic N) is 1. The van der Waals surface area contributed by atoms with Gasteiger partial charge >= 0.3 is 0 Å². The van der Waals surface area contributed by atoms with Gasteiger partial charge in [0.05, 0.1) is 5.84 Å². The van der Waals surface area contributed by atoms with Crippen LogP contribution in [0.3, 0.4) is 0 Å². The predicted octanol–water partition coefficient (Wildman–Crippen LogP) is 3.46. The van der Waals surface area contributed by atoms with Gasteiger partial charge < -0.3 is 5.32 Å². The summed E-state index contributed by atoms with van der Waals surface area (Å²) in [5, 5.41) is 3.65. The second-order valence-corrected chi connectivity index (χ2v) is 4.62. The van der Waals surface area contributed by atoms with E-state index in [0.29, 0.717) is 0 Å². The fourth-order valence-electron chi connectivity index (χ4n) is 2.47. The average Bonchev–Trinajstić information content (AvgIpc) is 2.48. The third-order valence-electron chi connectivity index (χ3n) is 3.35. The third kappa shape index (κ3) is 4.54. The average molecular weight is 275 g/mol. The second kappa shape index (κ2) is 7.26. The highest BCUT2D eigenvalue weighted by molar-refractivity contribution is 8.93. The van der Waals surface area contributed by atoms with Crippen LogP contribution in [-0.4, -0.2) is 18.4 Å². The van der Waals surface area contributed by atoms with Gasteiger partial charge in [0.15, 0.2) is 0 Å². The molecule has 1 heterocycles. The quantitative estimate of drug-likeness (QED) is 0.778. The molecule has 3 heteroatoms. The van der Waals surface area contributed by atoms with E-state index < -0.39 is 0 Å². The summed E-state index contributed by atoms with van der Waals surface area (Å²) in [4.78, 5) is 4.62. The Morgan fingerprint density at radius 2 is 1.67 bits per heavy atom. The van der Waals surface area contributed by atoms with Crippen molar-refractivity contribution >= 4 is 22.8 Å². The number of nitrogens with one attached hydrogen (secondary N) is 1. The Morgan fingerprint density at radius 1 is 0.933 bits per heavy atom. The molecule has 2 rings (SSSR count). The minimum Gasteiger partial charge on any atom is -0.371 e. The molecule has 1 N–H and O–H groups in total. The van der Waals surface area contributed by atoms with Crippen LogP contribution in [-0.2, 0) is 0 Å². The molecule has 0 unspecified atom stereocenters. The van der Waals surface area contributed by atoms with Crippen molar-refractivity contribution in [1.82, 2.24) is 5.32 Å². The number of rotatable bonds is 1. The van der Waals surface area contributed by atoms with Crippen LogP contribution in [0.15, 0.2) is 4.99 Å². The van der Waals surface area contributed by atoms with Crippen molar-refractivity contribution in [3.05, 3.63) is 0 Å². The molecule has 1 fully saturated rings. The van der Waals surface area contributed by atoms with Gasteiger partial charge in [0.25, 0.3) is 0 Å². The molecular weight excluding hydrogens is 252 g/mol. The molecule has 1 saturated carbocycles. The fraction of sp³-hybridized carbons (Fsp3) is 0.917. The lowest BCUT2D eigenvalue weighted by Gasteiger charge is -2.24.